The minimum atomic E-state index is 0.338. The van der Waals surface area contributed by atoms with E-state index in [-0.39, 0.29) is 0 Å². The molecule has 1 aliphatic carbocycles. The summed E-state index contributed by atoms with van der Waals surface area (Å²) in [5, 5.41) is 0. The lowest BCUT2D eigenvalue weighted by Crippen LogP contribution is -2.34. The number of carbonyl (C=O) groups is 1. The fourth-order valence-electron chi connectivity index (χ4n) is 2.11. The number of carbonyl (C=O) groups excluding carboxylic acids is 1. The first-order valence-corrected chi connectivity index (χ1v) is 5.50. The van der Waals surface area contributed by atoms with Gasteiger partial charge in [0.05, 0.1) is 0 Å². The van der Waals surface area contributed by atoms with Gasteiger partial charge in [-0.15, -0.1) is 0 Å². The summed E-state index contributed by atoms with van der Waals surface area (Å²) in [5.41, 5.74) is 0. The number of hydrogen-bond acceptors (Lipinski definition) is 1. The molecule has 0 radical (unpaired) electrons. The quantitative estimate of drug-likeness (QED) is 0.658. The van der Waals surface area contributed by atoms with Gasteiger partial charge in [-0.1, -0.05) is 26.2 Å². The van der Waals surface area contributed by atoms with Crippen molar-refractivity contribution >= 4 is 5.91 Å². The molecule has 0 aromatic carbocycles. The van der Waals surface area contributed by atoms with E-state index < -0.39 is 0 Å². The van der Waals surface area contributed by atoms with Gasteiger partial charge in [0.25, 0.3) is 0 Å². The molecule has 1 rings (SSSR count). The van der Waals surface area contributed by atoms with Crippen molar-refractivity contribution in [3.8, 4) is 0 Å². The molecule has 0 N–H and O–H groups in total. The average Bonchev–Trinajstić information content (AvgIpc) is 2.18. The summed E-state index contributed by atoms with van der Waals surface area (Å²) in [6.07, 6.45) is 7.11. The Morgan fingerprint density at radius 1 is 1.31 bits per heavy atom. The van der Waals surface area contributed by atoms with Gasteiger partial charge in [0.15, 0.2) is 0 Å². The van der Waals surface area contributed by atoms with Crippen molar-refractivity contribution in [2.45, 2.75) is 45.4 Å². The normalized spacial score (nSPS) is 18.6. The predicted octanol–water partition coefficient (Wildman–Crippen LogP) is 2.44. The molecule has 1 amide bonds. The molecule has 1 saturated carbocycles. The van der Waals surface area contributed by atoms with Crippen LogP contribution in [0.3, 0.4) is 0 Å². The van der Waals surface area contributed by atoms with Gasteiger partial charge in [-0.3, -0.25) is 4.79 Å². The molecule has 0 atom stereocenters. The van der Waals surface area contributed by atoms with Crippen LogP contribution in [-0.2, 0) is 4.79 Å². The number of hydrogen-bond donors (Lipinski definition) is 0. The molecule has 1 aliphatic rings. The largest absolute Gasteiger partial charge is 0.346 e. The van der Waals surface area contributed by atoms with Crippen molar-refractivity contribution in [2.75, 3.05) is 13.6 Å². The lowest BCUT2D eigenvalue weighted by Gasteiger charge is -2.26. The second kappa shape index (κ2) is 5.25. The van der Waals surface area contributed by atoms with Crippen molar-refractivity contribution < 1.29 is 4.79 Å². The summed E-state index contributed by atoms with van der Waals surface area (Å²) in [5.74, 6) is 0.715. The molecule has 0 aromatic rings. The van der Waals surface area contributed by atoms with Crippen molar-refractivity contribution in [2.24, 2.45) is 5.92 Å². The first-order chi connectivity index (χ1) is 6.25. The van der Waals surface area contributed by atoms with Crippen molar-refractivity contribution in [3.63, 3.8) is 0 Å². The van der Waals surface area contributed by atoms with Crippen LogP contribution < -0.4 is 0 Å². The third-order valence-corrected chi connectivity index (χ3v) is 2.89. The van der Waals surface area contributed by atoms with E-state index in [2.05, 4.69) is 6.92 Å². The maximum absolute atomic E-state index is 11.8. The number of amides is 1. The minimum Gasteiger partial charge on any atom is -0.346 e. The lowest BCUT2D eigenvalue weighted by atomic mass is 9.88. The predicted molar refractivity (Wildman–Crippen MR) is 54.5 cm³/mol. The summed E-state index contributed by atoms with van der Waals surface area (Å²) in [6, 6.07) is 0. The topological polar surface area (TPSA) is 20.3 Å². The molecule has 0 heterocycles. The van der Waals surface area contributed by atoms with E-state index in [1.165, 1.54) is 19.3 Å². The van der Waals surface area contributed by atoms with Crippen LogP contribution in [0.2, 0.25) is 0 Å². The molecule has 0 saturated heterocycles. The Hall–Kier alpha value is -0.530. The summed E-state index contributed by atoms with van der Waals surface area (Å²) < 4.78 is 0. The highest BCUT2D eigenvalue weighted by molar-refractivity contribution is 5.78. The molecule has 0 spiro atoms. The van der Waals surface area contributed by atoms with E-state index in [1.807, 2.05) is 11.9 Å². The first-order valence-electron chi connectivity index (χ1n) is 5.50. The average molecular weight is 183 g/mol. The smallest absolute Gasteiger partial charge is 0.225 e. The zero-order valence-electron chi connectivity index (χ0n) is 8.88. The van der Waals surface area contributed by atoms with Gasteiger partial charge in [-0.2, -0.15) is 0 Å². The molecule has 0 aromatic heterocycles. The summed E-state index contributed by atoms with van der Waals surface area (Å²) >= 11 is 0. The van der Waals surface area contributed by atoms with Crippen LogP contribution in [0.4, 0.5) is 0 Å². The van der Waals surface area contributed by atoms with Crippen molar-refractivity contribution in [1.82, 2.24) is 4.90 Å². The van der Waals surface area contributed by atoms with Crippen LogP contribution >= 0.6 is 0 Å². The van der Waals surface area contributed by atoms with Crippen LogP contribution in [0.5, 0.6) is 0 Å². The second-order valence-corrected chi connectivity index (χ2v) is 4.09. The molecule has 0 aliphatic heterocycles. The van der Waals surface area contributed by atoms with Crippen LogP contribution in [0.1, 0.15) is 45.4 Å². The van der Waals surface area contributed by atoms with E-state index in [0.717, 1.165) is 25.8 Å². The molecule has 0 unspecified atom stereocenters. The third-order valence-electron chi connectivity index (χ3n) is 2.89. The van der Waals surface area contributed by atoms with Gasteiger partial charge in [0.1, 0.15) is 0 Å². The van der Waals surface area contributed by atoms with Crippen LogP contribution in [0, 0.1) is 5.92 Å². The summed E-state index contributed by atoms with van der Waals surface area (Å²) in [6.45, 7) is 3.03. The monoisotopic (exact) mass is 183 g/mol. The maximum atomic E-state index is 11.8. The molecule has 2 nitrogen and oxygen atoms in total. The number of nitrogens with zero attached hydrogens (tertiary/aromatic N) is 1. The first kappa shape index (κ1) is 10.6. The number of rotatable bonds is 3. The Morgan fingerprint density at radius 3 is 2.46 bits per heavy atom. The molecular formula is C11H21NO. The van der Waals surface area contributed by atoms with Gasteiger partial charge in [-0.25, -0.2) is 0 Å². The van der Waals surface area contributed by atoms with Gasteiger partial charge < -0.3 is 4.90 Å². The zero-order chi connectivity index (χ0) is 9.68. The van der Waals surface area contributed by atoms with Gasteiger partial charge in [-0.05, 0) is 19.3 Å². The summed E-state index contributed by atoms with van der Waals surface area (Å²) in [4.78, 5) is 13.7. The highest BCUT2D eigenvalue weighted by Gasteiger charge is 2.23. The molecule has 1 fully saturated rings. The van der Waals surface area contributed by atoms with Crippen molar-refractivity contribution in [3.05, 3.63) is 0 Å². The fraction of sp³-hybridized carbons (Fsp3) is 0.909. The molecular weight excluding hydrogens is 162 g/mol. The Labute approximate surface area is 81.3 Å². The minimum absolute atomic E-state index is 0.338. The standard InChI is InChI=1S/C11H21NO/c1-3-9-12(2)11(13)10-7-5-4-6-8-10/h10H,3-9H2,1-2H3. The lowest BCUT2D eigenvalue weighted by molar-refractivity contribution is -0.135. The highest BCUT2D eigenvalue weighted by atomic mass is 16.2. The van der Waals surface area contributed by atoms with Crippen LogP contribution in [-0.4, -0.2) is 24.4 Å². The Balaban J connectivity index is 2.36. The summed E-state index contributed by atoms with van der Waals surface area (Å²) in [7, 11) is 1.93. The van der Waals surface area contributed by atoms with Crippen LogP contribution in [0.15, 0.2) is 0 Å². The molecule has 13 heavy (non-hydrogen) atoms. The van der Waals surface area contributed by atoms with E-state index in [0.29, 0.717) is 11.8 Å². The van der Waals surface area contributed by atoms with Gasteiger partial charge in [0.2, 0.25) is 5.91 Å². The third kappa shape index (κ3) is 3.02. The van der Waals surface area contributed by atoms with Crippen LogP contribution in [0.25, 0.3) is 0 Å². The Bertz CT molecular complexity index is 161. The highest BCUT2D eigenvalue weighted by Crippen LogP contribution is 2.24. The van der Waals surface area contributed by atoms with Gasteiger partial charge >= 0.3 is 0 Å². The van der Waals surface area contributed by atoms with E-state index in [1.54, 1.807) is 0 Å². The van der Waals surface area contributed by atoms with Crippen molar-refractivity contribution in [1.29, 1.82) is 0 Å². The molecule has 0 bridgehead atoms. The Kier molecular flexibility index (Phi) is 4.26. The zero-order valence-corrected chi connectivity index (χ0v) is 8.88. The second-order valence-electron chi connectivity index (χ2n) is 4.09. The van der Waals surface area contributed by atoms with E-state index in [9.17, 15) is 4.79 Å². The van der Waals surface area contributed by atoms with E-state index in [4.69, 9.17) is 0 Å². The van der Waals surface area contributed by atoms with E-state index >= 15 is 0 Å². The molecule has 2 heteroatoms. The molecule has 76 valence electrons. The van der Waals surface area contributed by atoms with Gasteiger partial charge in [0, 0.05) is 19.5 Å². The maximum Gasteiger partial charge on any atom is 0.225 e. The fourth-order valence-corrected chi connectivity index (χ4v) is 2.11. The Morgan fingerprint density at radius 2 is 1.92 bits per heavy atom. The SMILES string of the molecule is CCCN(C)C(=O)C1CCCCC1.